The summed E-state index contributed by atoms with van der Waals surface area (Å²) >= 11 is 0.995. The SMILES string of the molecule is CC.Cn1nc(-c2ccccc2)cc1-c1sc(C(N)=O)cc1[N+](=O)[O-]. The van der Waals surface area contributed by atoms with E-state index in [1.54, 1.807) is 17.8 Å². The molecule has 0 unspecified atom stereocenters. The number of nitrogens with two attached hydrogens (primary N) is 1. The van der Waals surface area contributed by atoms with Gasteiger partial charge >= 0.3 is 0 Å². The van der Waals surface area contributed by atoms with Crippen molar-refractivity contribution in [3.8, 4) is 21.8 Å². The summed E-state index contributed by atoms with van der Waals surface area (Å²) in [5.74, 6) is -0.685. The van der Waals surface area contributed by atoms with Crippen LogP contribution in [0.5, 0.6) is 0 Å². The Kier molecular flexibility index (Phi) is 5.66. The van der Waals surface area contributed by atoms with Gasteiger partial charge in [0.2, 0.25) is 0 Å². The molecule has 7 nitrogen and oxygen atoms in total. The van der Waals surface area contributed by atoms with Gasteiger partial charge in [0.1, 0.15) is 4.88 Å². The second kappa shape index (κ2) is 7.71. The molecule has 25 heavy (non-hydrogen) atoms. The Labute approximate surface area is 148 Å². The average molecular weight is 358 g/mol. The van der Waals surface area contributed by atoms with E-state index in [4.69, 9.17) is 5.73 Å². The third-order valence-electron chi connectivity index (χ3n) is 3.33. The molecule has 2 heterocycles. The van der Waals surface area contributed by atoms with E-state index >= 15 is 0 Å². The van der Waals surface area contributed by atoms with Crippen molar-refractivity contribution in [2.45, 2.75) is 13.8 Å². The minimum atomic E-state index is -0.685. The van der Waals surface area contributed by atoms with Crippen molar-refractivity contribution in [1.82, 2.24) is 9.78 Å². The highest BCUT2D eigenvalue weighted by molar-refractivity contribution is 7.18. The summed E-state index contributed by atoms with van der Waals surface area (Å²) in [6, 6.07) is 12.5. The number of amides is 1. The fourth-order valence-corrected chi connectivity index (χ4v) is 3.28. The smallest absolute Gasteiger partial charge is 0.290 e. The van der Waals surface area contributed by atoms with Gasteiger partial charge in [0, 0.05) is 18.7 Å². The van der Waals surface area contributed by atoms with Crippen LogP contribution in [0.15, 0.2) is 42.5 Å². The van der Waals surface area contributed by atoms with Gasteiger partial charge in [0.25, 0.3) is 11.6 Å². The van der Waals surface area contributed by atoms with Gasteiger partial charge in [-0.25, -0.2) is 0 Å². The molecule has 3 rings (SSSR count). The molecule has 1 amide bonds. The van der Waals surface area contributed by atoms with E-state index in [9.17, 15) is 14.9 Å². The molecule has 2 N–H and O–H groups in total. The highest BCUT2D eigenvalue weighted by Gasteiger charge is 2.25. The van der Waals surface area contributed by atoms with Crippen molar-refractivity contribution in [3.05, 3.63) is 57.5 Å². The van der Waals surface area contributed by atoms with Crippen molar-refractivity contribution >= 4 is 22.9 Å². The third kappa shape index (κ3) is 3.74. The number of hydrogen-bond donors (Lipinski definition) is 1. The van der Waals surface area contributed by atoms with Crippen molar-refractivity contribution in [1.29, 1.82) is 0 Å². The number of rotatable bonds is 4. The highest BCUT2D eigenvalue weighted by atomic mass is 32.1. The number of nitrogens with zero attached hydrogens (tertiary/aromatic N) is 3. The monoisotopic (exact) mass is 358 g/mol. The van der Waals surface area contributed by atoms with E-state index in [1.165, 1.54) is 6.07 Å². The van der Waals surface area contributed by atoms with E-state index in [0.717, 1.165) is 16.9 Å². The number of carbonyl (C=O) groups excluding carboxylic acids is 1. The molecule has 1 aromatic carbocycles. The maximum absolute atomic E-state index is 11.3. The maximum atomic E-state index is 11.3. The first-order chi connectivity index (χ1) is 12.0. The Bertz CT molecular complexity index is 900. The minimum Gasteiger partial charge on any atom is -0.365 e. The summed E-state index contributed by atoms with van der Waals surface area (Å²) in [6.07, 6.45) is 0. The number of hydrogen-bond acceptors (Lipinski definition) is 5. The molecule has 130 valence electrons. The van der Waals surface area contributed by atoms with E-state index in [0.29, 0.717) is 16.3 Å². The Morgan fingerprint density at radius 1 is 1.24 bits per heavy atom. The number of aryl methyl sites for hydroxylation is 1. The predicted octanol–water partition coefficient (Wildman–Crippen LogP) is 3.85. The van der Waals surface area contributed by atoms with E-state index in [-0.39, 0.29) is 10.6 Å². The molecule has 0 aliphatic heterocycles. The molecule has 2 aromatic heterocycles. The zero-order valence-electron chi connectivity index (χ0n) is 14.1. The van der Waals surface area contributed by atoms with Crippen molar-refractivity contribution in [2.75, 3.05) is 0 Å². The molecule has 0 spiro atoms. The molecule has 0 aliphatic rings. The number of benzene rings is 1. The fourth-order valence-electron chi connectivity index (χ4n) is 2.25. The van der Waals surface area contributed by atoms with Gasteiger partial charge in [-0.15, -0.1) is 11.3 Å². The van der Waals surface area contributed by atoms with Crippen LogP contribution in [0.3, 0.4) is 0 Å². The van der Waals surface area contributed by atoms with Gasteiger partial charge in [-0.2, -0.15) is 5.10 Å². The van der Waals surface area contributed by atoms with Crippen LogP contribution < -0.4 is 5.73 Å². The highest BCUT2D eigenvalue weighted by Crippen LogP contribution is 2.39. The minimum absolute atomic E-state index is 0.147. The number of carbonyl (C=O) groups is 1. The summed E-state index contributed by atoms with van der Waals surface area (Å²) < 4.78 is 1.56. The molecule has 0 saturated carbocycles. The van der Waals surface area contributed by atoms with Crippen molar-refractivity contribution < 1.29 is 9.72 Å². The zero-order chi connectivity index (χ0) is 18.6. The lowest BCUT2D eigenvalue weighted by molar-refractivity contribution is -0.383. The molecular weight excluding hydrogens is 340 g/mol. The second-order valence-corrected chi connectivity index (χ2v) is 5.90. The lowest BCUT2D eigenvalue weighted by Gasteiger charge is -1.97. The van der Waals surface area contributed by atoms with Crippen LogP contribution in [0, 0.1) is 10.1 Å². The van der Waals surface area contributed by atoms with Crippen molar-refractivity contribution in [2.24, 2.45) is 12.8 Å². The van der Waals surface area contributed by atoms with Gasteiger partial charge in [-0.05, 0) is 6.07 Å². The molecule has 8 heteroatoms. The van der Waals surface area contributed by atoms with Crippen LogP contribution >= 0.6 is 11.3 Å². The van der Waals surface area contributed by atoms with Crippen LogP contribution in [0.2, 0.25) is 0 Å². The van der Waals surface area contributed by atoms with Crippen LogP contribution in [-0.2, 0) is 7.05 Å². The van der Waals surface area contributed by atoms with E-state index < -0.39 is 10.8 Å². The lowest BCUT2D eigenvalue weighted by Crippen LogP contribution is -2.08. The summed E-state index contributed by atoms with van der Waals surface area (Å²) in [5, 5.41) is 15.6. The molecule has 0 atom stereocenters. The number of primary amides is 1. The molecule has 3 aromatic rings. The molecule has 0 saturated heterocycles. The van der Waals surface area contributed by atoms with Gasteiger partial charge in [0.15, 0.2) is 0 Å². The maximum Gasteiger partial charge on any atom is 0.290 e. The van der Waals surface area contributed by atoms with Crippen LogP contribution in [-0.4, -0.2) is 20.6 Å². The molecule has 0 radical (unpaired) electrons. The quantitative estimate of drug-likeness (QED) is 0.565. The Hall–Kier alpha value is -3.00. The standard InChI is InChI=1S/C15H12N4O3S.C2H6/c1-18-11(7-10(17-18)9-5-3-2-4-6-9)14-12(19(21)22)8-13(23-14)15(16)20;1-2/h2-8H,1H3,(H2,16,20);1-2H3. The van der Waals surface area contributed by atoms with E-state index in [2.05, 4.69) is 5.10 Å². The average Bonchev–Trinajstić information content (AvgIpc) is 3.21. The summed E-state index contributed by atoms with van der Waals surface area (Å²) in [7, 11) is 1.70. The van der Waals surface area contributed by atoms with Crippen LogP contribution in [0.4, 0.5) is 5.69 Å². The lowest BCUT2D eigenvalue weighted by atomic mass is 10.1. The first-order valence-corrected chi connectivity index (χ1v) is 8.47. The summed E-state index contributed by atoms with van der Waals surface area (Å²) in [4.78, 5) is 22.6. The summed E-state index contributed by atoms with van der Waals surface area (Å²) in [5.41, 5.74) is 7.26. The first-order valence-electron chi connectivity index (χ1n) is 7.65. The number of aromatic nitrogens is 2. The first kappa shape index (κ1) is 18.3. The molecule has 0 aliphatic carbocycles. The van der Waals surface area contributed by atoms with Gasteiger partial charge in [0.05, 0.1) is 21.2 Å². The largest absolute Gasteiger partial charge is 0.365 e. The Balaban J connectivity index is 0.00000109. The summed E-state index contributed by atoms with van der Waals surface area (Å²) in [6.45, 7) is 4.00. The third-order valence-corrected chi connectivity index (χ3v) is 4.50. The van der Waals surface area contributed by atoms with Crippen LogP contribution in [0.1, 0.15) is 23.5 Å². The Morgan fingerprint density at radius 3 is 2.44 bits per heavy atom. The Morgan fingerprint density at radius 2 is 1.88 bits per heavy atom. The molecule has 0 bridgehead atoms. The molecular formula is C17H18N4O3S. The van der Waals surface area contributed by atoms with E-state index in [1.807, 2.05) is 44.2 Å². The van der Waals surface area contributed by atoms with Crippen molar-refractivity contribution in [3.63, 3.8) is 0 Å². The normalized spacial score (nSPS) is 10.0. The predicted molar refractivity (Wildman–Crippen MR) is 98.5 cm³/mol. The van der Waals surface area contributed by atoms with Gasteiger partial charge < -0.3 is 5.73 Å². The fraction of sp³-hybridized carbons (Fsp3) is 0.176. The molecule has 0 fully saturated rings. The zero-order valence-corrected chi connectivity index (χ0v) is 14.9. The second-order valence-electron chi connectivity index (χ2n) is 4.85. The van der Waals surface area contributed by atoms with Gasteiger partial charge in [-0.1, -0.05) is 44.2 Å². The topological polar surface area (TPSA) is 104 Å². The number of thiophene rings is 1. The van der Waals surface area contributed by atoms with Crippen LogP contribution in [0.25, 0.3) is 21.8 Å². The van der Waals surface area contributed by atoms with Gasteiger partial charge in [-0.3, -0.25) is 19.6 Å². The number of nitro groups is 1.